The highest BCUT2D eigenvalue weighted by atomic mass is 16.5. The molecule has 29 heavy (non-hydrogen) atoms. The van der Waals surface area contributed by atoms with E-state index in [0.717, 1.165) is 73.5 Å². The fourth-order valence-electron chi connectivity index (χ4n) is 4.02. The smallest absolute Gasteiger partial charge is 0.253 e. The minimum absolute atomic E-state index is 0.107. The molecule has 0 spiro atoms. The van der Waals surface area contributed by atoms with Crippen LogP contribution in [-0.4, -0.2) is 73.3 Å². The zero-order chi connectivity index (χ0) is 20.4. The molecule has 7 nitrogen and oxygen atoms in total. The molecule has 4 rings (SSSR count). The second kappa shape index (κ2) is 8.37. The SMILES string of the molecule is Cc1cc(C)cc(C(=O)N2CCN(c3nc(C)cc(N4CCOCC4)n3)CC2)c1. The van der Waals surface area contributed by atoms with E-state index in [1.807, 2.05) is 43.9 Å². The summed E-state index contributed by atoms with van der Waals surface area (Å²) in [5, 5.41) is 0. The number of piperazine rings is 1. The van der Waals surface area contributed by atoms with Crippen molar-refractivity contribution in [2.45, 2.75) is 20.8 Å². The molecule has 3 heterocycles. The van der Waals surface area contributed by atoms with Gasteiger partial charge in [-0.15, -0.1) is 0 Å². The minimum Gasteiger partial charge on any atom is -0.378 e. The zero-order valence-corrected chi connectivity index (χ0v) is 17.5. The number of hydrogen-bond donors (Lipinski definition) is 0. The Morgan fingerprint density at radius 1 is 0.828 bits per heavy atom. The van der Waals surface area contributed by atoms with Crippen LogP contribution in [-0.2, 0) is 4.74 Å². The van der Waals surface area contributed by atoms with Crippen molar-refractivity contribution in [3.63, 3.8) is 0 Å². The lowest BCUT2D eigenvalue weighted by Gasteiger charge is -2.35. The Bertz CT molecular complexity index is 867. The summed E-state index contributed by atoms with van der Waals surface area (Å²) in [5.41, 5.74) is 3.98. The summed E-state index contributed by atoms with van der Waals surface area (Å²) >= 11 is 0. The van der Waals surface area contributed by atoms with E-state index in [2.05, 4.69) is 20.9 Å². The molecule has 1 amide bonds. The van der Waals surface area contributed by atoms with Gasteiger partial charge in [-0.05, 0) is 32.9 Å². The zero-order valence-electron chi connectivity index (χ0n) is 17.5. The quantitative estimate of drug-likeness (QED) is 0.794. The molecular weight excluding hydrogens is 366 g/mol. The van der Waals surface area contributed by atoms with E-state index in [1.54, 1.807) is 0 Å². The lowest BCUT2D eigenvalue weighted by molar-refractivity contribution is 0.0746. The van der Waals surface area contributed by atoms with Crippen LogP contribution in [0.4, 0.5) is 11.8 Å². The van der Waals surface area contributed by atoms with Gasteiger partial charge in [0.1, 0.15) is 5.82 Å². The van der Waals surface area contributed by atoms with Gasteiger partial charge < -0.3 is 19.4 Å². The van der Waals surface area contributed by atoms with Crippen LogP contribution in [0.15, 0.2) is 24.3 Å². The van der Waals surface area contributed by atoms with Crippen LogP contribution in [0.5, 0.6) is 0 Å². The van der Waals surface area contributed by atoms with E-state index in [9.17, 15) is 4.79 Å². The number of amides is 1. The van der Waals surface area contributed by atoms with Crippen LogP contribution in [0.2, 0.25) is 0 Å². The summed E-state index contributed by atoms with van der Waals surface area (Å²) in [6.45, 7) is 12.1. The molecule has 2 aliphatic rings. The number of hydrogen-bond acceptors (Lipinski definition) is 6. The summed E-state index contributed by atoms with van der Waals surface area (Å²) in [6, 6.07) is 8.07. The van der Waals surface area contributed by atoms with Gasteiger partial charge in [-0.3, -0.25) is 4.79 Å². The van der Waals surface area contributed by atoms with Crippen molar-refractivity contribution in [2.75, 3.05) is 62.3 Å². The molecule has 2 aromatic rings. The molecule has 0 unspecified atom stereocenters. The third kappa shape index (κ3) is 4.50. The molecule has 0 radical (unpaired) electrons. The van der Waals surface area contributed by atoms with E-state index >= 15 is 0 Å². The van der Waals surface area contributed by atoms with Gasteiger partial charge in [0.25, 0.3) is 5.91 Å². The Morgan fingerprint density at radius 3 is 2.14 bits per heavy atom. The Balaban J connectivity index is 1.44. The molecule has 2 saturated heterocycles. The Morgan fingerprint density at radius 2 is 1.48 bits per heavy atom. The first-order chi connectivity index (χ1) is 14.0. The highest BCUT2D eigenvalue weighted by Gasteiger charge is 2.25. The third-order valence-corrected chi connectivity index (χ3v) is 5.48. The maximum Gasteiger partial charge on any atom is 0.253 e. The van der Waals surface area contributed by atoms with E-state index in [4.69, 9.17) is 9.72 Å². The maximum absolute atomic E-state index is 12.9. The number of ether oxygens (including phenoxy) is 1. The van der Waals surface area contributed by atoms with Crippen molar-refractivity contribution in [1.29, 1.82) is 0 Å². The van der Waals surface area contributed by atoms with Crippen molar-refractivity contribution in [2.24, 2.45) is 0 Å². The summed E-state index contributed by atoms with van der Waals surface area (Å²) in [6.07, 6.45) is 0. The van der Waals surface area contributed by atoms with Crippen molar-refractivity contribution >= 4 is 17.7 Å². The topological polar surface area (TPSA) is 61.8 Å². The molecule has 0 aliphatic carbocycles. The summed E-state index contributed by atoms with van der Waals surface area (Å²) in [5.74, 6) is 1.82. The average molecular weight is 396 g/mol. The van der Waals surface area contributed by atoms with Crippen molar-refractivity contribution in [3.8, 4) is 0 Å². The number of nitrogens with zero attached hydrogens (tertiary/aromatic N) is 5. The molecule has 154 valence electrons. The normalized spacial score (nSPS) is 17.6. The van der Waals surface area contributed by atoms with E-state index < -0.39 is 0 Å². The Labute approximate surface area is 172 Å². The third-order valence-electron chi connectivity index (χ3n) is 5.48. The molecule has 0 atom stereocenters. The van der Waals surface area contributed by atoms with Crippen molar-refractivity contribution in [3.05, 3.63) is 46.6 Å². The van der Waals surface area contributed by atoms with Gasteiger partial charge in [-0.25, -0.2) is 4.98 Å². The molecule has 1 aromatic carbocycles. The van der Waals surface area contributed by atoms with Gasteiger partial charge in [0, 0.05) is 56.6 Å². The number of morpholine rings is 1. The standard InChI is InChI=1S/C22H29N5O2/c1-16-12-17(2)14-19(13-16)21(28)26-4-6-27(7-5-26)22-23-18(3)15-20(24-22)25-8-10-29-11-9-25/h12-15H,4-11H2,1-3H3. The average Bonchev–Trinajstić information content (AvgIpc) is 2.73. The van der Waals surface area contributed by atoms with Crippen molar-refractivity contribution < 1.29 is 9.53 Å². The number of aromatic nitrogens is 2. The summed E-state index contributed by atoms with van der Waals surface area (Å²) < 4.78 is 5.45. The molecule has 0 N–H and O–H groups in total. The second-order valence-corrected chi connectivity index (χ2v) is 7.92. The van der Waals surface area contributed by atoms with E-state index in [0.29, 0.717) is 13.1 Å². The molecule has 0 saturated carbocycles. The van der Waals surface area contributed by atoms with Gasteiger partial charge in [-0.1, -0.05) is 17.2 Å². The number of carbonyl (C=O) groups excluding carboxylic acids is 1. The number of aryl methyl sites for hydroxylation is 3. The predicted octanol–water partition coefficient (Wildman–Crippen LogP) is 2.20. The maximum atomic E-state index is 12.9. The predicted molar refractivity (Wildman–Crippen MR) is 114 cm³/mol. The summed E-state index contributed by atoms with van der Waals surface area (Å²) in [7, 11) is 0. The van der Waals surface area contributed by atoms with Crippen molar-refractivity contribution in [1.82, 2.24) is 14.9 Å². The highest BCUT2D eigenvalue weighted by Crippen LogP contribution is 2.20. The van der Waals surface area contributed by atoms with E-state index in [-0.39, 0.29) is 5.91 Å². The molecule has 7 heteroatoms. The fraction of sp³-hybridized carbons (Fsp3) is 0.500. The number of rotatable bonds is 3. The Hall–Kier alpha value is -2.67. The van der Waals surface area contributed by atoms with Crippen LogP contribution in [0.3, 0.4) is 0 Å². The summed E-state index contributed by atoms with van der Waals surface area (Å²) in [4.78, 5) is 28.8. The Kier molecular flexibility index (Phi) is 5.67. The van der Waals surface area contributed by atoms with Gasteiger partial charge in [0.15, 0.2) is 0 Å². The van der Waals surface area contributed by atoms with Gasteiger partial charge in [0.2, 0.25) is 5.95 Å². The number of benzene rings is 1. The van der Waals surface area contributed by atoms with Gasteiger partial charge in [-0.2, -0.15) is 4.98 Å². The molecular formula is C22H29N5O2. The molecule has 0 bridgehead atoms. The first-order valence-corrected chi connectivity index (χ1v) is 10.3. The first-order valence-electron chi connectivity index (χ1n) is 10.3. The molecule has 1 aromatic heterocycles. The van der Waals surface area contributed by atoms with Crippen LogP contribution < -0.4 is 9.80 Å². The minimum atomic E-state index is 0.107. The van der Waals surface area contributed by atoms with Crippen LogP contribution in [0.1, 0.15) is 27.2 Å². The van der Waals surface area contributed by atoms with Gasteiger partial charge >= 0.3 is 0 Å². The number of carbonyl (C=O) groups is 1. The second-order valence-electron chi connectivity index (χ2n) is 7.92. The molecule has 2 aliphatic heterocycles. The van der Waals surface area contributed by atoms with E-state index in [1.165, 1.54) is 0 Å². The molecule has 2 fully saturated rings. The van der Waals surface area contributed by atoms with Gasteiger partial charge in [0.05, 0.1) is 13.2 Å². The lowest BCUT2D eigenvalue weighted by atomic mass is 10.1. The first kappa shape index (κ1) is 19.6. The monoisotopic (exact) mass is 395 g/mol. The fourth-order valence-corrected chi connectivity index (χ4v) is 4.02. The number of anilines is 2. The van der Waals surface area contributed by atoms with Crippen LogP contribution in [0.25, 0.3) is 0 Å². The lowest BCUT2D eigenvalue weighted by Crippen LogP contribution is -2.49. The van der Waals surface area contributed by atoms with Crippen LogP contribution in [0, 0.1) is 20.8 Å². The van der Waals surface area contributed by atoms with Crippen LogP contribution >= 0.6 is 0 Å². The largest absolute Gasteiger partial charge is 0.378 e. The highest BCUT2D eigenvalue weighted by molar-refractivity contribution is 5.94.